The van der Waals surface area contributed by atoms with E-state index in [1.54, 1.807) is 6.07 Å². The van der Waals surface area contributed by atoms with Gasteiger partial charge in [0.05, 0.1) is 0 Å². The van der Waals surface area contributed by atoms with Crippen molar-refractivity contribution in [2.45, 2.75) is 25.8 Å². The van der Waals surface area contributed by atoms with Crippen molar-refractivity contribution in [3.05, 3.63) is 29.1 Å². The SMILES string of the molecule is Cc1ccc(F)c(O)c1[C@H](N)C1CC1. The summed E-state index contributed by atoms with van der Waals surface area (Å²) in [5.74, 6) is -0.437. The summed E-state index contributed by atoms with van der Waals surface area (Å²) in [6, 6.07) is 2.71. The summed E-state index contributed by atoms with van der Waals surface area (Å²) in [5, 5.41) is 9.57. The predicted molar refractivity (Wildman–Crippen MR) is 52.5 cm³/mol. The number of hydrogen-bond acceptors (Lipinski definition) is 2. The van der Waals surface area contributed by atoms with Crippen LogP contribution in [-0.2, 0) is 0 Å². The van der Waals surface area contributed by atoms with Gasteiger partial charge in [0, 0.05) is 11.6 Å². The highest BCUT2D eigenvalue weighted by Gasteiger charge is 2.32. The number of nitrogens with two attached hydrogens (primary N) is 1. The van der Waals surface area contributed by atoms with Gasteiger partial charge in [0.15, 0.2) is 11.6 Å². The predicted octanol–water partition coefficient (Wildman–Crippen LogP) is 2.25. The topological polar surface area (TPSA) is 46.2 Å². The van der Waals surface area contributed by atoms with E-state index in [-0.39, 0.29) is 11.8 Å². The van der Waals surface area contributed by atoms with Gasteiger partial charge >= 0.3 is 0 Å². The fourth-order valence-electron chi connectivity index (χ4n) is 1.79. The first-order valence-corrected chi connectivity index (χ1v) is 4.85. The van der Waals surface area contributed by atoms with Crippen LogP contribution >= 0.6 is 0 Å². The number of halogens is 1. The molecular formula is C11H14FNO. The lowest BCUT2D eigenvalue weighted by Gasteiger charge is -2.15. The van der Waals surface area contributed by atoms with E-state index in [4.69, 9.17) is 5.73 Å². The lowest BCUT2D eigenvalue weighted by Crippen LogP contribution is -2.14. The number of aromatic hydroxyl groups is 1. The van der Waals surface area contributed by atoms with E-state index in [2.05, 4.69) is 0 Å². The van der Waals surface area contributed by atoms with Crippen LogP contribution in [-0.4, -0.2) is 5.11 Å². The highest BCUT2D eigenvalue weighted by molar-refractivity contribution is 5.42. The molecule has 1 aliphatic carbocycles. The summed E-state index contributed by atoms with van der Waals surface area (Å²) in [4.78, 5) is 0. The van der Waals surface area contributed by atoms with Crippen LogP contribution in [0.1, 0.15) is 30.0 Å². The largest absolute Gasteiger partial charge is 0.505 e. The van der Waals surface area contributed by atoms with E-state index in [0.717, 1.165) is 18.4 Å². The van der Waals surface area contributed by atoms with Gasteiger partial charge in [-0.2, -0.15) is 0 Å². The molecular weight excluding hydrogens is 181 g/mol. The fourth-order valence-corrected chi connectivity index (χ4v) is 1.79. The molecule has 1 fully saturated rings. The third-order valence-electron chi connectivity index (χ3n) is 2.85. The van der Waals surface area contributed by atoms with Crippen LogP contribution in [0.3, 0.4) is 0 Å². The molecule has 1 aromatic rings. The Morgan fingerprint density at radius 2 is 2.14 bits per heavy atom. The van der Waals surface area contributed by atoms with Crippen molar-refractivity contribution in [3.8, 4) is 5.75 Å². The van der Waals surface area contributed by atoms with E-state index in [1.807, 2.05) is 6.92 Å². The van der Waals surface area contributed by atoms with Gasteiger partial charge in [-0.25, -0.2) is 4.39 Å². The van der Waals surface area contributed by atoms with Gasteiger partial charge in [0.25, 0.3) is 0 Å². The van der Waals surface area contributed by atoms with Crippen molar-refractivity contribution in [1.29, 1.82) is 0 Å². The molecule has 1 aromatic carbocycles. The zero-order valence-electron chi connectivity index (χ0n) is 8.13. The summed E-state index contributed by atoms with van der Waals surface area (Å²) in [6.45, 7) is 1.84. The molecule has 3 N–H and O–H groups in total. The van der Waals surface area contributed by atoms with Gasteiger partial charge in [0.1, 0.15) is 0 Å². The Balaban J connectivity index is 2.43. The van der Waals surface area contributed by atoms with E-state index in [0.29, 0.717) is 11.5 Å². The quantitative estimate of drug-likeness (QED) is 0.760. The molecule has 0 heterocycles. The molecule has 0 saturated heterocycles. The Kier molecular flexibility index (Phi) is 2.19. The van der Waals surface area contributed by atoms with Gasteiger partial charge in [-0.05, 0) is 37.3 Å². The van der Waals surface area contributed by atoms with Crippen LogP contribution in [0.5, 0.6) is 5.75 Å². The minimum Gasteiger partial charge on any atom is -0.505 e. The van der Waals surface area contributed by atoms with Crippen molar-refractivity contribution >= 4 is 0 Å². The number of rotatable bonds is 2. The molecule has 0 aromatic heterocycles. The zero-order valence-corrected chi connectivity index (χ0v) is 8.13. The number of aryl methyl sites for hydroxylation is 1. The van der Waals surface area contributed by atoms with Crippen molar-refractivity contribution in [3.63, 3.8) is 0 Å². The van der Waals surface area contributed by atoms with Crippen molar-refractivity contribution in [2.24, 2.45) is 11.7 Å². The molecule has 0 radical (unpaired) electrons. The van der Waals surface area contributed by atoms with Gasteiger partial charge in [-0.1, -0.05) is 6.07 Å². The first kappa shape index (κ1) is 9.46. The third kappa shape index (κ3) is 1.48. The summed E-state index contributed by atoms with van der Waals surface area (Å²) in [5.41, 5.74) is 7.38. The second kappa shape index (κ2) is 3.24. The molecule has 3 heteroatoms. The third-order valence-corrected chi connectivity index (χ3v) is 2.85. The minimum absolute atomic E-state index is 0.217. The summed E-state index contributed by atoms with van der Waals surface area (Å²) < 4.78 is 13.1. The number of benzene rings is 1. The molecule has 1 aliphatic rings. The average Bonchev–Trinajstić information content (AvgIpc) is 2.95. The van der Waals surface area contributed by atoms with Crippen LogP contribution in [0.15, 0.2) is 12.1 Å². The molecule has 0 unspecified atom stereocenters. The summed E-state index contributed by atoms with van der Waals surface area (Å²) >= 11 is 0. The van der Waals surface area contributed by atoms with Crippen molar-refractivity contribution in [1.82, 2.24) is 0 Å². The molecule has 0 spiro atoms. The van der Waals surface area contributed by atoms with Crippen molar-refractivity contribution < 1.29 is 9.50 Å². The molecule has 14 heavy (non-hydrogen) atoms. The standard InChI is InChI=1S/C11H14FNO/c1-6-2-5-8(12)11(14)9(6)10(13)7-3-4-7/h2,5,7,10,14H,3-4,13H2,1H3/t10-/m1/s1. The molecule has 1 saturated carbocycles. The molecule has 2 nitrogen and oxygen atoms in total. The Morgan fingerprint density at radius 1 is 1.50 bits per heavy atom. The Labute approximate surface area is 82.5 Å². The highest BCUT2D eigenvalue weighted by Crippen LogP contribution is 2.43. The second-order valence-corrected chi connectivity index (χ2v) is 3.99. The van der Waals surface area contributed by atoms with Gasteiger partial charge in [-0.3, -0.25) is 0 Å². The van der Waals surface area contributed by atoms with E-state index in [1.165, 1.54) is 6.07 Å². The highest BCUT2D eigenvalue weighted by atomic mass is 19.1. The second-order valence-electron chi connectivity index (χ2n) is 3.99. The number of hydrogen-bond donors (Lipinski definition) is 2. The van der Waals surface area contributed by atoms with Gasteiger partial charge < -0.3 is 10.8 Å². The molecule has 0 amide bonds. The van der Waals surface area contributed by atoms with E-state index < -0.39 is 5.82 Å². The lowest BCUT2D eigenvalue weighted by atomic mass is 9.97. The Hall–Kier alpha value is -1.09. The van der Waals surface area contributed by atoms with Crippen LogP contribution < -0.4 is 5.73 Å². The van der Waals surface area contributed by atoms with E-state index in [9.17, 15) is 9.50 Å². The molecule has 0 bridgehead atoms. The Morgan fingerprint density at radius 3 is 2.71 bits per heavy atom. The Bertz CT molecular complexity index is 361. The fraction of sp³-hybridized carbons (Fsp3) is 0.455. The maximum atomic E-state index is 13.1. The maximum Gasteiger partial charge on any atom is 0.165 e. The lowest BCUT2D eigenvalue weighted by molar-refractivity contribution is 0.416. The number of phenolic OH excluding ortho intramolecular Hbond substituents is 1. The van der Waals surface area contributed by atoms with Crippen LogP contribution in [0.4, 0.5) is 4.39 Å². The van der Waals surface area contributed by atoms with Gasteiger partial charge in [-0.15, -0.1) is 0 Å². The first-order valence-electron chi connectivity index (χ1n) is 4.85. The normalized spacial score (nSPS) is 18.2. The molecule has 0 aliphatic heterocycles. The van der Waals surface area contributed by atoms with Gasteiger partial charge in [0.2, 0.25) is 0 Å². The summed E-state index contributed by atoms with van der Waals surface area (Å²) in [7, 11) is 0. The van der Waals surface area contributed by atoms with Crippen LogP contribution in [0.2, 0.25) is 0 Å². The van der Waals surface area contributed by atoms with Crippen LogP contribution in [0, 0.1) is 18.7 Å². The zero-order chi connectivity index (χ0) is 10.3. The maximum absolute atomic E-state index is 13.1. The number of phenols is 1. The van der Waals surface area contributed by atoms with E-state index >= 15 is 0 Å². The molecule has 2 rings (SSSR count). The van der Waals surface area contributed by atoms with Crippen LogP contribution in [0.25, 0.3) is 0 Å². The smallest absolute Gasteiger partial charge is 0.165 e. The average molecular weight is 195 g/mol. The monoisotopic (exact) mass is 195 g/mol. The van der Waals surface area contributed by atoms with Crippen molar-refractivity contribution in [2.75, 3.05) is 0 Å². The molecule has 1 atom stereocenters. The summed E-state index contributed by atoms with van der Waals surface area (Å²) in [6.07, 6.45) is 2.16. The first-order chi connectivity index (χ1) is 6.61. The minimum atomic E-state index is -0.582. The molecule has 76 valence electrons.